The third-order valence-corrected chi connectivity index (χ3v) is 4.35. The fraction of sp³-hybridized carbons (Fsp3) is 0.471. The van der Waals surface area contributed by atoms with Crippen molar-refractivity contribution in [2.24, 2.45) is 0 Å². The molecule has 1 fully saturated rings. The molecule has 0 saturated carbocycles. The van der Waals surface area contributed by atoms with Crippen LogP contribution in [0.3, 0.4) is 0 Å². The smallest absolute Gasteiger partial charge is 0.239 e. The average Bonchev–Trinajstić information content (AvgIpc) is 3.21. The third-order valence-electron chi connectivity index (χ3n) is 4.35. The highest BCUT2D eigenvalue weighted by Gasteiger charge is 2.39. The zero-order valence-electron chi connectivity index (χ0n) is 14.4. The molecule has 0 aliphatic carbocycles. The number of carbonyl (C=O) groups is 1. The number of anilines is 1. The number of likely N-dealkylation sites (tertiary alicyclic amines) is 1. The Balaban J connectivity index is 1.52. The SMILES string of the molecule is COC1(COc2ccccc2)CCN(CC(=O)Nc2nonc2C)C1. The van der Waals surface area contributed by atoms with Gasteiger partial charge in [0, 0.05) is 20.2 Å². The second kappa shape index (κ2) is 7.62. The lowest BCUT2D eigenvalue weighted by Gasteiger charge is -2.28. The van der Waals surface area contributed by atoms with Crippen molar-refractivity contribution in [2.45, 2.75) is 18.9 Å². The molecular formula is C17H22N4O4. The van der Waals surface area contributed by atoms with E-state index in [0.29, 0.717) is 24.7 Å². The zero-order valence-corrected chi connectivity index (χ0v) is 14.4. The van der Waals surface area contributed by atoms with E-state index >= 15 is 0 Å². The van der Waals surface area contributed by atoms with Gasteiger partial charge >= 0.3 is 0 Å². The van der Waals surface area contributed by atoms with Crippen LogP contribution in [0.2, 0.25) is 0 Å². The van der Waals surface area contributed by atoms with Crippen LogP contribution < -0.4 is 10.1 Å². The fourth-order valence-electron chi connectivity index (χ4n) is 2.86. The molecule has 3 rings (SSSR count). The first kappa shape index (κ1) is 17.4. The molecule has 25 heavy (non-hydrogen) atoms. The van der Waals surface area contributed by atoms with Crippen molar-refractivity contribution in [1.29, 1.82) is 0 Å². The summed E-state index contributed by atoms with van der Waals surface area (Å²) in [5.41, 5.74) is 0.138. The number of amides is 1. The molecule has 1 atom stereocenters. The van der Waals surface area contributed by atoms with Crippen molar-refractivity contribution >= 4 is 11.7 Å². The lowest BCUT2D eigenvalue weighted by atomic mass is 10.0. The summed E-state index contributed by atoms with van der Waals surface area (Å²) >= 11 is 0. The minimum absolute atomic E-state index is 0.158. The number of ether oxygens (including phenoxy) is 2. The molecule has 1 aromatic carbocycles. The van der Waals surface area contributed by atoms with Crippen LogP contribution >= 0.6 is 0 Å². The molecule has 1 aromatic heterocycles. The van der Waals surface area contributed by atoms with Crippen LogP contribution in [-0.4, -0.2) is 60.1 Å². The number of benzene rings is 1. The second-order valence-electron chi connectivity index (χ2n) is 6.20. The van der Waals surface area contributed by atoms with Gasteiger partial charge in [-0.2, -0.15) is 0 Å². The number of nitrogens with one attached hydrogen (secondary N) is 1. The molecule has 8 heteroatoms. The number of rotatable bonds is 7. The van der Waals surface area contributed by atoms with Crippen molar-refractivity contribution < 1.29 is 18.9 Å². The lowest BCUT2D eigenvalue weighted by molar-refractivity contribution is -0.117. The summed E-state index contributed by atoms with van der Waals surface area (Å²) in [5, 5.41) is 10.00. The van der Waals surface area contributed by atoms with E-state index in [2.05, 4.69) is 20.3 Å². The van der Waals surface area contributed by atoms with Gasteiger partial charge in [-0.1, -0.05) is 23.4 Å². The fourth-order valence-corrected chi connectivity index (χ4v) is 2.86. The second-order valence-corrected chi connectivity index (χ2v) is 6.20. The number of aromatic nitrogens is 2. The molecule has 1 N–H and O–H groups in total. The van der Waals surface area contributed by atoms with Gasteiger partial charge in [-0.15, -0.1) is 0 Å². The van der Waals surface area contributed by atoms with Crippen molar-refractivity contribution in [3.63, 3.8) is 0 Å². The van der Waals surface area contributed by atoms with Crippen LogP contribution in [-0.2, 0) is 9.53 Å². The number of para-hydroxylation sites is 1. The molecule has 1 saturated heterocycles. The standard InChI is InChI=1S/C17H22N4O4/c1-13-16(20-25-19-13)18-15(22)10-21-9-8-17(11-21,23-2)12-24-14-6-4-3-5-7-14/h3-7H,8-12H2,1-2H3,(H,18,20,22). The van der Waals surface area contributed by atoms with Gasteiger partial charge in [-0.05, 0) is 30.6 Å². The first-order valence-electron chi connectivity index (χ1n) is 8.15. The third kappa shape index (κ3) is 4.34. The monoisotopic (exact) mass is 346 g/mol. The number of nitrogens with zero attached hydrogens (tertiary/aromatic N) is 3. The molecule has 0 spiro atoms. The molecule has 1 unspecified atom stereocenters. The number of methoxy groups -OCH3 is 1. The summed E-state index contributed by atoms with van der Waals surface area (Å²) in [7, 11) is 1.68. The first-order chi connectivity index (χ1) is 12.1. The quantitative estimate of drug-likeness (QED) is 0.812. The minimum atomic E-state index is -0.415. The summed E-state index contributed by atoms with van der Waals surface area (Å²) < 4.78 is 16.2. The summed E-state index contributed by atoms with van der Waals surface area (Å²) in [5.74, 6) is 1.01. The van der Waals surface area contributed by atoms with E-state index in [0.717, 1.165) is 18.7 Å². The van der Waals surface area contributed by atoms with E-state index in [-0.39, 0.29) is 12.5 Å². The van der Waals surface area contributed by atoms with Crippen molar-refractivity contribution in [3.05, 3.63) is 36.0 Å². The van der Waals surface area contributed by atoms with Crippen LogP contribution in [0.15, 0.2) is 35.0 Å². The van der Waals surface area contributed by atoms with Crippen LogP contribution in [0.1, 0.15) is 12.1 Å². The van der Waals surface area contributed by atoms with Gasteiger partial charge in [0.05, 0.1) is 6.54 Å². The maximum atomic E-state index is 12.2. The van der Waals surface area contributed by atoms with Gasteiger partial charge in [0.2, 0.25) is 5.91 Å². The van der Waals surface area contributed by atoms with Gasteiger partial charge in [0.1, 0.15) is 23.7 Å². The Kier molecular flexibility index (Phi) is 5.30. The lowest BCUT2D eigenvalue weighted by Crippen LogP contribution is -2.42. The van der Waals surface area contributed by atoms with Crippen molar-refractivity contribution in [2.75, 3.05) is 38.7 Å². The number of carbonyl (C=O) groups excluding carboxylic acids is 1. The van der Waals surface area contributed by atoms with Gasteiger partial charge in [-0.25, -0.2) is 4.63 Å². The minimum Gasteiger partial charge on any atom is -0.491 e. The van der Waals surface area contributed by atoms with E-state index in [9.17, 15) is 4.79 Å². The van der Waals surface area contributed by atoms with E-state index in [4.69, 9.17) is 9.47 Å². The Hall–Kier alpha value is -2.45. The molecular weight excluding hydrogens is 324 g/mol. The molecule has 2 aromatic rings. The molecule has 0 radical (unpaired) electrons. The Bertz CT molecular complexity index is 706. The first-order valence-corrected chi connectivity index (χ1v) is 8.15. The summed E-state index contributed by atoms with van der Waals surface area (Å²) in [6, 6.07) is 9.64. The van der Waals surface area contributed by atoms with E-state index in [1.807, 2.05) is 35.2 Å². The van der Waals surface area contributed by atoms with Crippen LogP contribution in [0.5, 0.6) is 5.75 Å². The maximum absolute atomic E-state index is 12.2. The molecule has 2 heterocycles. The van der Waals surface area contributed by atoms with Crippen LogP contribution in [0.25, 0.3) is 0 Å². The van der Waals surface area contributed by atoms with Crippen LogP contribution in [0.4, 0.5) is 5.82 Å². The van der Waals surface area contributed by atoms with E-state index in [1.54, 1.807) is 14.0 Å². The topological polar surface area (TPSA) is 89.7 Å². The molecule has 8 nitrogen and oxygen atoms in total. The summed E-state index contributed by atoms with van der Waals surface area (Å²) in [6.07, 6.45) is 0.800. The molecule has 1 amide bonds. The van der Waals surface area contributed by atoms with Gasteiger partial charge in [-0.3, -0.25) is 9.69 Å². The Morgan fingerprint density at radius 3 is 2.84 bits per heavy atom. The number of aryl methyl sites for hydroxylation is 1. The highest BCUT2D eigenvalue weighted by atomic mass is 16.6. The Morgan fingerprint density at radius 1 is 1.36 bits per heavy atom. The highest BCUT2D eigenvalue weighted by molar-refractivity contribution is 5.91. The Labute approximate surface area is 146 Å². The maximum Gasteiger partial charge on any atom is 0.239 e. The van der Waals surface area contributed by atoms with Crippen molar-refractivity contribution in [3.8, 4) is 5.75 Å². The van der Waals surface area contributed by atoms with Gasteiger partial charge in [0.15, 0.2) is 5.82 Å². The Morgan fingerprint density at radius 2 is 2.16 bits per heavy atom. The predicted molar refractivity (Wildman–Crippen MR) is 90.4 cm³/mol. The van der Waals surface area contributed by atoms with Gasteiger partial charge in [0.25, 0.3) is 0 Å². The van der Waals surface area contributed by atoms with Crippen molar-refractivity contribution in [1.82, 2.24) is 15.2 Å². The molecule has 1 aliphatic heterocycles. The number of hydrogen-bond acceptors (Lipinski definition) is 7. The average molecular weight is 346 g/mol. The summed E-state index contributed by atoms with van der Waals surface area (Å²) in [4.78, 5) is 14.2. The zero-order chi connectivity index (χ0) is 17.7. The molecule has 1 aliphatic rings. The summed E-state index contributed by atoms with van der Waals surface area (Å²) in [6.45, 7) is 3.80. The predicted octanol–water partition coefficient (Wildman–Crippen LogP) is 1.49. The molecule has 0 bridgehead atoms. The highest BCUT2D eigenvalue weighted by Crippen LogP contribution is 2.26. The van der Waals surface area contributed by atoms with Gasteiger partial charge < -0.3 is 14.8 Å². The van der Waals surface area contributed by atoms with E-state index in [1.165, 1.54) is 0 Å². The van der Waals surface area contributed by atoms with E-state index < -0.39 is 5.60 Å². The normalized spacial score (nSPS) is 20.6. The molecule has 134 valence electrons. The van der Waals surface area contributed by atoms with Crippen LogP contribution in [0, 0.1) is 6.92 Å². The number of hydrogen-bond donors (Lipinski definition) is 1. The largest absolute Gasteiger partial charge is 0.491 e.